The SMILES string of the molecule is Cc1cc(C)n(C(C)CC(=O)N(C)C2CC3CCC(C2)N3)n1. The Kier molecular flexibility index (Phi) is 4.26. The van der Waals surface area contributed by atoms with Crippen molar-refractivity contribution in [3.63, 3.8) is 0 Å². The van der Waals surface area contributed by atoms with Crippen molar-refractivity contribution < 1.29 is 4.79 Å². The van der Waals surface area contributed by atoms with Crippen LogP contribution in [0.15, 0.2) is 6.07 Å². The fourth-order valence-electron chi connectivity index (χ4n) is 4.12. The highest BCUT2D eigenvalue weighted by atomic mass is 16.2. The lowest BCUT2D eigenvalue weighted by molar-refractivity contribution is -0.133. The van der Waals surface area contributed by atoms with Crippen molar-refractivity contribution in [3.05, 3.63) is 17.5 Å². The van der Waals surface area contributed by atoms with E-state index < -0.39 is 0 Å². The molecule has 1 amide bonds. The van der Waals surface area contributed by atoms with Crippen molar-refractivity contribution in [1.82, 2.24) is 20.0 Å². The molecule has 2 bridgehead atoms. The molecule has 0 aliphatic carbocycles. The molecule has 5 nitrogen and oxygen atoms in total. The molecule has 2 aliphatic heterocycles. The number of rotatable bonds is 4. The number of amides is 1. The molecule has 2 fully saturated rings. The van der Waals surface area contributed by atoms with E-state index in [1.807, 2.05) is 23.6 Å². The van der Waals surface area contributed by atoms with Crippen LogP contribution in [-0.2, 0) is 4.79 Å². The molecule has 0 aromatic carbocycles. The molecule has 22 heavy (non-hydrogen) atoms. The van der Waals surface area contributed by atoms with E-state index in [1.165, 1.54) is 12.8 Å². The van der Waals surface area contributed by atoms with E-state index in [0.717, 1.165) is 24.2 Å². The van der Waals surface area contributed by atoms with Gasteiger partial charge < -0.3 is 10.2 Å². The summed E-state index contributed by atoms with van der Waals surface area (Å²) in [5, 5.41) is 8.14. The molecular weight excluding hydrogens is 276 g/mol. The van der Waals surface area contributed by atoms with Crippen LogP contribution in [-0.4, -0.2) is 45.8 Å². The Labute approximate surface area is 133 Å². The molecule has 3 rings (SSSR count). The van der Waals surface area contributed by atoms with E-state index in [9.17, 15) is 4.79 Å². The van der Waals surface area contributed by atoms with Gasteiger partial charge in [0.1, 0.15) is 0 Å². The van der Waals surface area contributed by atoms with E-state index in [4.69, 9.17) is 0 Å². The van der Waals surface area contributed by atoms with Gasteiger partial charge in [-0.1, -0.05) is 0 Å². The monoisotopic (exact) mass is 304 g/mol. The maximum absolute atomic E-state index is 12.6. The Morgan fingerprint density at radius 2 is 2.05 bits per heavy atom. The van der Waals surface area contributed by atoms with Crippen LogP contribution in [0.4, 0.5) is 0 Å². The number of carbonyl (C=O) groups excluding carboxylic acids is 1. The Bertz CT molecular complexity index is 541. The Balaban J connectivity index is 1.60. The smallest absolute Gasteiger partial charge is 0.224 e. The first-order valence-electron chi connectivity index (χ1n) is 8.48. The number of fused-ring (bicyclic) bond motifs is 2. The molecule has 3 heterocycles. The van der Waals surface area contributed by atoms with Crippen LogP contribution >= 0.6 is 0 Å². The van der Waals surface area contributed by atoms with Crippen LogP contribution in [0.5, 0.6) is 0 Å². The highest BCUT2D eigenvalue weighted by molar-refractivity contribution is 5.76. The van der Waals surface area contributed by atoms with Crippen molar-refractivity contribution >= 4 is 5.91 Å². The molecule has 1 aromatic heterocycles. The largest absolute Gasteiger partial charge is 0.343 e. The van der Waals surface area contributed by atoms with Gasteiger partial charge in [0.2, 0.25) is 5.91 Å². The number of piperidine rings is 1. The van der Waals surface area contributed by atoms with Gasteiger partial charge in [0.05, 0.1) is 11.7 Å². The summed E-state index contributed by atoms with van der Waals surface area (Å²) < 4.78 is 1.98. The Morgan fingerprint density at radius 3 is 2.59 bits per heavy atom. The molecule has 0 spiro atoms. The zero-order valence-corrected chi connectivity index (χ0v) is 14.2. The van der Waals surface area contributed by atoms with Crippen LogP contribution in [0.2, 0.25) is 0 Å². The van der Waals surface area contributed by atoms with Gasteiger partial charge in [-0.3, -0.25) is 9.48 Å². The highest BCUT2D eigenvalue weighted by Crippen LogP contribution is 2.30. The zero-order chi connectivity index (χ0) is 15.9. The second-order valence-corrected chi connectivity index (χ2v) is 7.19. The minimum Gasteiger partial charge on any atom is -0.343 e. The minimum absolute atomic E-state index is 0.113. The van der Waals surface area contributed by atoms with E-state index in [-0.39, 0.29) is 11.9 Å². The number of aryl methyl sites for hydroxylation is 2. The number of nitrogens with one attached hydrogen (secondary N) is 1. The summed E-state index contributed by atoms with van der Waals surface area (Å²) in [6, 6.07) is 3.82. The molecular formula is C17H28N4O. The summed E-state index contributed by atoms with van der Waals surface area (Å²) in [7, 11) is 1.98. The summed E-state index contributed by atoms with van der Waals surface area (Å²) >= 11 is 0. The second kappa shape index (κ2) is 6.03. The third-order valence-electron chi connectivity index (χ3n) is 5.32. The van der Waals surface area contributed by atoms with Crippen LogP contribution in [0.3, 0.4) is 0 Å². The lowest BCUT2D eigenvalue weighted by Crippen LogP contribution is -2.49. The Hall–Kier alpha value is -1.36. The molecule has 5 heteroatoms. The van der Waals surface area contributed by atoms with Crippen molar-refractivity contribution in [1.29, 1.82) is 0 Å². The van der Waals surface area contributed by atoms with E-state index in [0.29, 0.717) is 24.5 Å². The average Bonchev–Trinajstić information content (AvgIpc) is 2.99. The summed E-state index contributed by atoms with van der Waals surface area (Å²) in [6.45, 7) is 6.13. The molecule has 3 atom stereocenters. The third-order valence-corrected chi connectivity index (χ3v) is 5.32. The van der Waals surface area contributed by atoms with Gasteiger partial charge >= 0.3 is 0 Å². The van der Waals surface area contributed by atoms with Gasteiger partial charge in [-0.2, -0.15) is 5.10 Å². The van der Waals surface area contributed by atoms with Crippen molar-refractivity contribution in [2.24, 2.45) is 0 Å². The number of carbonyl (C=O) groups is 1. The van der Waals surface area contributed by atoms with Crippen molar-refractivity contribution in [2.75, 3.05) is 7.05 Å². The fraction of sp³-hybridized carbons (Fsp3) is 0.765. The molecule has 2 aliphatic rings. The molecule has 1 aromatic rings. The lowest BCUT2D eigenvalue weighted by atomic mass is 9.98. The lowest BCUT2D eigenvalue weighted by Gasteiger charge is -2.36. The summed E-state index contributed by atoms with van der Waals surface area (Å²) in [5.74, 6) is 0.242. The van der Waals surface area contributed by atoms with E-state index in [2.05, 4.69) is 30.3 Å². The minimum atomic E-state index is 0.113. The van der Waals surface area contributed by atoms with Gasteiger partial charge in [0.25, 0.3) is 0 Å². The number of hydrogen-bond acceptors (Lipinski definition) is 3. The third kappa shape index (κ3) is 3.05. The summed E-state index contributed by atoms with van der Waals surface area (Å²) in [5.41, 5.74) is 2.14. The van der Waals surface area contributed by atoms with Crippen LogP contribution in [0.1, 0.15) is 56.5 Å². The first-order valence-corrected chi connectivity index (χ1v) is 8.48. The predicted octanol–water partition coefficient (Wildman–Crippen LogP) is 2.19. The highest BCUT2D eigenvalue weighted by Gasteiger charge is 2.36. The topological polar surface area (TPSA) is 50.2 Å². The first-order chi connectivity index (χ1) is 10.4. The number of aromatic nitrogens is 2. The molecule has 1 N–H and O–H groups in total. The van der Waals surface area contributed by atoms with Crippen molar-refractivity contribution in [3.8, 4) is 0 Å². The maximum Gasteiger partial charge on any atom is 0.224 e. The molecule has 2 saturated heterocycles. The number of nitrogens with zero attached hydrogens (tertiary/aromatic N) is 3. The van der Waals surface area contributed by atoms with Gasteiger partial charge in [0, 0.05) is 37.3 Å². The predicted molar refractivity (Wildman–Crippen MR) is 86.8 cm³/mol. The standard InChI is InChI=1S/C17H28N4O/c1-11-7-12(2)21(19-11)13(3)8-17(22)20(4)16-9-14-5-6-15(10-16)18-14/h7,13-16,18H,5-6,8-10H2,1-4H3. The Morgan fingerprint density at radius 1 is 1.41 bits per heavy atom. The van der Waals surface area contributed by atoms with Gasteiger partial charge in [-0.15, -0.1) is 0 Å². The van der Waals surface area contributed by atoms with Crippen LogP contribution in [0, 0.1) is 13.8 Å². The van der Waals surface area contributed by atoms with Gasteiger partial charge in [-0.25, -0.2) is 0 Å². The van der Waals surface area contributed by atoms with Gasteiger partial charge in [-0.05, 0) is 52.5 Å². The van der Waals surface area contributed by atoms with Gasteiger partial charge in [0.15, 0.2) is 0 Å². The number of hydrogen-bond donors (Lipinski definition) is 1. The van der Waals surface area contributed by atoms with Crippen LogP contribution < -0.4 is 5.32 Å². The maximum atomic E-state index is 12.6. The molecule has 0 saturated carbocycles. The zero-order valence-electron chi connectivity index (χ0n) is 14.2. The fourth-order valence-corrected chi connectivity index (χ4v) is 4.12. The summed E-state index contributed by atoms with van der Waals surface area (Å²) in [6.07, 6.45) is 5.27. The first kappa shape index (κ1) is 15.5. The van der Waals surface area contributed by atoms with E-state index in [1.54, 1.807) is 0 Å². The summed E-state index contributed by atoms with van der Waals surface area (Å²) in [4.78, 5) is 14.6. The van der Waals surface area contributed by atoms with E-state index >= 15 is 0 Å². The molecule has 122 valence electrons. The average molecular weight is 304 g/mol. The normalized spacial score (nSPS) is 28.6. The van der Waals surface area contributed by atoms with Crippen molar-refractivity contribution in [2.45, 2.75) is 77.0 Å². The molecule has 0 radical (unpaired) electrons. The quantitative estimate of drug-likeness (QED) is 0.927. The molecule has 3 unspecified atom stereocenters. The van der Waals surface area contributed by atoms with Crippen LogP contribution in [0.25, 0.3) is 0 Å². The second-order valence-electron chi connectivity index (χ2n) is 7.19.